The highest BCUT2D eigenvalue weighted by Gasteiger charge is 2.26. The number of rotatable bonds is 11. The van der Waals surface area contributed by atoms with Crippen molar-refractivity contribution in [2.24, 2.45) is 5.14 Å². The summed E-state index contributed by atoms with van der Waals surface area (Å²) < 4.78 is 35.4. The predicted octanol–water partition coefficient (Wildman–Crippen LogP) is 1.66. The number of carboxylic acids is 1. The Hall–Kier alpha value is -2.66. The normalized spacial score (nSPS) is 11.3. The molecular weight excluding hydrogens is 400 g/mol. The Morgan fingerprint density at radius 1 is 1.17 bits per heavy atom. The highest BCUT2D eigenvalue weighted by molar-refractivity contribution is 7.89. The van der Waals surface area contributed by atoms with Gasteiger partial charge in [-0.3, -0.25) is 0 Å². The van der Waals surface area contributed by atoms with Crippen LogP contribution in [0, 0.1) is 0 Å². The lowest BCUT2D eigenvalue weighted by molar-refractivity contribution is 0.0696. The zero-order valence-corrected chi connectivity index (χ0v) is 16.8. The summed E-state index contributed by atoms with van der Waals surface area (Å²) in [5.74, 6) is -1.04. The number of primary sulfonamides is 1. The number of hydrogen-bond acceptors (Lipinski definition) is 7. The molecule has 0 heterocycles. The van der Waals surface area contributed by atoms with E-state index in [1.807, 2.05) is 0 Å². The number of aliphatic hydroxyl groups is 1. The smallest absolute Gasteiger partial charge is 0.335 e. The molecule has 10 heteroatoms. The minimum Gasteiger partial charge on any atom is -0.478 e. The van der Waals surface area contributed by atoms with E-state index >= 15 is 0 Å². The third-order valence-corrected chi connectivity index (χ3v) is 4.96. The highest BCUT2D eigenvalue weighted by atomic mass is 32.2. The lowest BCUT2D eigenvalue weighted by Gasteiger charge is -2.28. The lowest BCUT2D eigenvalue weighted by Crippen LogP contribution is -2.30. The van der Waals surface area contributed by atoms with Crippen molar-refractivity contribution in [2.75, 3.05) is 38.3 Å². The quantitative estimate of drug-likeness (QED) is 0.495. The molecule has 29 heavy (non-hydrogen) atoms. The number of nitrogens with two attached hydrogens (primary N) is 1. The van der Waals surface area contributed by atoms with Crippen molar-refractivity contribution in [3.63, 3.8) is 0 Å². The summed E-state index contributed by atoms with van der Waals surface area (Å²) in [7, 11) is -2.79. The van der Waals surface area contributed by atoms with E-state index in [4.69, 9.17) is 14.6 Å². The number of nitrogens with zero attached hydrogens (tertiary/aromatic N) is 1. The van der Waals surface area contributed by atoms with Gasteiger partial charge < -0.3 is 24.6 Å². The second-order valence-corrected chi connectivity index (χ2v) is 7.67. The topological polar surface area (TPSA) is 139 Å². The van der Waals surface area contributed by atoms with Gasteiger partial charge in [0, 0.05) is 26.8 Å². The monoisotopic (exact) mass is 424 g/mol. The molecule has 0 amide bonds. The van der Waals surface area contributed by atoms with Gasteiger partial charge in [-0.2, -0.15) is 0 Å². The van der Waals surface area contributed by atoms with E-state index in [9.17, 15) is 23.4 Å². The minimum atomic E-state index is -4.30. The van der Waals surface area contributed by atoms with Crippen LogP contribution in [0.3, 0.4) is 0 Å². The number of benzene rings is 2. The molecule has 0 aliphatic rings. The van der Waals surface area contributed by atoms with Gasteiger partial charge in [-0.1, -0.05) is 18.2 Å². The van der Waals surface area contributed by atoms with Crippen molar-refractivity contribution in [1.29, 1.82) is 0 Å². The van der Waals surface area contributed by atoms with E-state index in [1.54, 1.807) is 35.2 Å². The number of carboxylic acid groups (broad SMARTS) is 1. The molecule has 2 aromatic carbocycles. The number of ether oxygens (including phenoxy) is 2. The van der Waals surface area contributed by atoms with Crippen molar-refractivity contribution in [1.82, 2.24) is 0 Å². The molecule has 2 aromatic rings. The molecule has 0 spiro atoms. The van der Waals surface area contributed by atoms with E-state index in [2.05, 4.69) is 0 Å². The SMILES string of the molecule is COCCN(CCCO)c1cc(C(=O)O)cc(S(N)(=O)=O)c1Oc1ccccc1. The van der Waals surface area contributed by atoms with Gasteiger partial charge in [0.05, 0.1) is 17.9 Å². The van der Waals surface area contributed by atoms with Gasteiger partial charge in [0.25, 0.3) is 0 Å². The summed E-state index contributed by atoms with van der Waals surface area (Å²) in [5, 5.41) is 24.0. The molecule has 0 saturated carbocycles. The molecule has 0 bridgehead atoms. The second-order valence-electron chi connectivity index (χ2n) is 6.14. The molecule has 0 aliphatic carbocycles. The molecule has 0 atom stereocenters. The van der Waals surface area contributed by atoms with Crippen LogP contribution in [0.2, 0.25) is 0 Å². The fourth-order valence-corrected chi connectivity index (χ4v) is 3.38. The molecule has 2 rings (SSSR count). The van der Waals surface area contributed by atoms with Crippen LogP contribution in [0.4, 0.5) is 5.69 Å². The summed E-state index contributed by atoms with van der Waals surface area (Å²) in [4.78, 5) is 12.8. The van der Waals surface area contributed by atoms with Crippen LogP contribution < -0.4 is 14.8 Å². The summed E-state index contributed by atoms with van der Waals surface area (Å²) in [6.07, 6.45) is 0.372. The molecular formula is C19H24N2O7S. The van der Waals surface area contributed by atoms with Gasteiger partial charge in [-0.15, -0.1) is 0 Å². The first-order chi connectivity index (χ1) is 13.8. The largest absolute Gasteiger partial charge is 0.478 e. The summed E-state index contributed by atoms with van der Waals surface area (Å²) in [5.41, 5.74) is -0.0286. The maximum absolute atomic E-state index is 12.2. The molecule has 0 aliphatic heterocycles. The average molecular weight is 424 g/mol. The van der Waals surface area contributed by atoms with E-state index in [0.717, 1.165) is 6.07 Å². The summed E-state index contributed by atoms with van der Waals surface area (Å²) >= 11 is 0. The van der Waals surface area contributed by atoms with Crippen LogP contribution in [0.15, 0.2) is 47.4 Å². The number of sulfonamides is 1. The molecule has 0 saturated heterocycles. The van der Waals surface area contributed by atoms with Crippen LogP contribution in [0.1, 0.15) is 16.8 Å². The number of methoxy groups -OCH3 is 1. The van der Waals surface area contributed by atoms with Gasteiger partial charge in [0.15, 0.2) is 5.75 Å². The molecule has 4 N–H and O–H groups in total. The van der Waals surface area contributed by atoms with Gasteiger partial charge in [-0.05, 0) is 30.7 Å². The van der Waals surface area contributed by atoms with Crippen LogP contribution in [0.5, 0.6) is 11.5 Å². The predicted molar refractivity (Wildman–Crippen MR) is 107 cm³/mol. The Labute approximate surface area is 169 Å². The van der Waals surface area contributed by atoms with E-state index in [0.29, 0.717) is 25.3 Å². The average Bonchev–Trinajstić information content (AvgIpc) is 2.68. The maximum atomic E-state index is 12.2. The van der Waals surface area contributed by atoms with Crippen LogP contribution in [-0.4, -0.2) is 58.0 Å². The third kappa shape index (κ3) is 6.16. The van der Waals surface area contributed by atoms with Gasteiger partial charge in [0.1, 0.15) is 10.6 Å². The van der Waals surface area contributed by atoms with E-state index in [1.165, 1.54) is 13.2 Å². The first-order valence-electron chi connectivity index (χ1n) is 8.79. The number of carbonyl (C=O) groups is 1. The molecule has 0 radical (unpaired) electrons. The second kappa shape index (κ2) is 10.2. The number of hydrogen-bond donors (Lipinski definition) is 3. The standard InChI is InChI=1S/C19H24N2O7S/c1-27-11-9-21(8-5-10-22)16-12-14(19(23)24)13-17(29(20,25)26)18(16)28-15-6-3-2-4-7-15/h2-4,6-7,12-13,22H,5,8-11H2,1H3,(H,23,24)(H2,20,25,26). The zero-order valence-electron chi connectivity index (χ0n) is 15.9. The summed E-state index contributed by atoms with van der Waals surface area (Å²) in [6, 6.07) is 10.8. The lowest BCUT2D eigenvalue weighted by atomic mass is 10.1. The number of aromatic carboxylic acids is 1. The van der Waals surface area contributed by atoms with Crippen molar-refractivity contribution in [3.8, 4) is 11.5 Å². The van der Waals surface area contributed by atoms with Crippen LogP contribution in [0.25, 0.3) is 0 Å². The van der Waals surface area contributed by atoms with Crippen molar-refractivity contribution >= 4 is 21.7 Å². The van der Waals surface area contributed by atoms with E-state index in [-0.39, 0.29) is 30.2 Å². The fraction of sp³-hybridized carbons (Fsp3) is 0.316. The molecule has 0 aromatic heterocycles. The Balaban J connectivity index is 2.71. The number of anilines is 1. The van der Waals surface area contributed by atoms with Crippen LogP contribution in [-0.2, 0) is 14.8 Å². The number of aliphatic hydroxyl groups excluding tert-OH is 1. The maximum Gasteiger partial charge on any atom is 0.335 e. The molecule has 0 unspecified atom stereocenters. The van der Waals surface area contributed by atoms with Gasteiger partial charge in [0.2, 0.25) is 10.0 Å². The number of para-hydroxylation sites is 1. The fourth-order valence-electron chi connectivity index (χ4n) is 2.68. The zero-order chi connectivity index (χ0) is 21.4. The minimum absolute atomic E-state index is 0.0854. The first-order valence-corrected chi connectivity index (χ1v) is 10.3. The Morgan fingerprint density at radius 2 is 1.86 bits per heavy atom. The van der Waals surface area contributed by atoms with Gasteiger partial charge in [-0.25, -0.2) is 18.4 Å². The Bertz CT molecular complexity index is 925. The van der Waals surface area contributed by atoms with Gasteiger partial charge >= 0.3 is 5.97 Å². The van der Waals surface area contributed by atoms with E-state index < -0.39 is 20.9 Å². The molecule has 0 fully saturated rings. The first kappa shape index (κ1) is 22.6. The highest BCUT2D eigenvalue weighted by Crippen LogP contribution is 2.39. The Morgan fingerprint density at radius 3 is 2.41 bits per heavy atom. The van der Waals surface area contributed by atoms with Crippen molar-refractivity contribution < 1.29 is 32.9 Å². The van der Waals surface area contributed by atoms with Crippen LogP contribution >= 0.6 is 0 Å². The summed E-state index contributed by atoms with van der Waals surface area (Å²) in [6.45, 7) is 0.824. The molecule has 9 nitrogen and oxygen atoms in total. The third-order valence-electron chi connectivity index (χ3n) is 4.04. The van der Waals surface area contributed by atoms with Crippen molar-refractivity contribution in [2.45, 2.75) is 11.3 Å². The Kier molecular flexibility index (Phi) is 7.97. The van der Waals surface area contributed by atoms with Crippen molar-refractivity contribution in [3.05, 3.63) is 48.0 Å². The molecule has 158 valence electrons.